The number of benzene rings is 1. The summed E-state index contributed by atoms with van der Waals surface area (Å²) in [6.07, 6.45) is 1.42. The van der Waals surface area contributed by atoms with Crippen molar-refractivity contribution in [2.75, 3.05) is 39.8 Å². The average molecular weight is 317 g/mol. The molecule has 0 radical (unpaired) electrons. The molecule has 1 atom stereocenters. The van der Waals surface area contributed by atoms with Crippen LogP contribution in [0.5, 0.6) is 5.75 Å². The van der Waals surface area contributed by atoms with Gasteiger partial charge in [0, 0.05) is 32.6 Å². The third-order valence-corrected chi connectivity index (χ3v) is 4.56. The molecule has 1 N–H and O–H groups in total. The van der Waals surface area contributed by atoms with Crippen molar-refractivity contribution < 1.29 is 14.3 Å². The molecule has 0 aliphatic carbocycles. The van der Waals surface area contributed by atoms with Crippen LogP contribution in [0.3, 0.4) is 0 Å². The van der Waals surface area contributed by atoms with Gasteiger partial charge in [0.2, 0.25) is 11.8 Å². The molecule has 0 aromatic heterocycles. The van der Waals surface area contributed by atoms with Gasteiger partial charge >= 0.3 is 0 Å². The molecule has 2 saturated heterocycles. The van der Waals surface area contributed by atoms with Crippen LogP contribution in [0.4, 0.5) is 0 Å². The van der Waals surface area contributed by atoms with Crippen LogP contribution < -0.4 is 10.1 Å². The normalized spacial score (nSPS) is 21.6. The van der Waals surface area contributed by atoms with E-state index < -0.39 is 0 Å². The molecule has 1 aromatic carbocycles. The smallest absolute Gasteiger partial charge is 0.242 e. The summed E-state index contributed by atoms with van der Waals surface area (Å²) in [7, 11) is 1.64. The second kappa shape index (κ2) is 7.00. The van der Waals surface area contributed by atoms with Crippen LogP contribution in [-0.2, 0) is 9.59 Å². The first-order valence-electron chi connectivity index (χ1n) is 8.11. The predicted octanol–water partition coefficient (Wildman–Crippen LogP) is 0.790. The van der Waals surface area contributed by atoms with Crippen molar-refractivity contribution in [2.24, 2.45) is 0 Å². The first kappa shape index (κ1) is 15.8. The second-order valence-corrected chi connectivity index (χ2v) is 6.00. The van der Waals surface area contributed by atoms with Crippen molar-refractivity contribution in [3.63, 3.8) is 0 Å². The van der Waals surface area contributed by atoms with E-state index in [1.54, 1.807) is 12.0 Å². The Balaban J connectivity index is 1.72. The topological polar surface area (TPSA) is 61.9 Å². The van der Waals surface area contributed by atoms with Gasteiger partial charge in [0.1, 0.15) is 5.75 Å². The number of nitrogens with one attached hydrogen (secondary N) is 1. The van der Waals surface area contributed by atoms with Crippen molar-refractivity contribution in [3.05, 3.63) is 29.8 Å². The van der Waals surface area contributed by atoms with Crippen molar-refractivity contribution in [3.8, 4) is 5.75 Å². The first-order chi connectivity index (χ1) is 11.2. The zero-order valence-corrected chi connectivity index (χ0v) is 13.5. The fraction of sp³-hybridized carbons (Fsp3) is 0.529. The third kappa shape index (κ3) is 3.47. The largest absolute Gasteiger partial charge is 0.497 e. The minimum atomic E-state index is -0.000128. The molecule has 2 aliphatic rings. The number of carbonyl (C=O) groups is 2. The van der Waals surface area contributed by atoms with E-state index in [4.69, 9.17) is 4.74 Å². The van der Waals surface area contributed by atoms with Gasteiger partial charge in [0.15, 0.2) is 0 Å². The monoisotopic (exact) mass is 317 g/mol. The Kier molecular flexibility index (Phi) is 4.81. The molecule has 1 unspecified atom stereocenters. The lowest BCUT2D eigenvalue weighted by atomic mass is 10.0. The van der Waals surface area contributed by atoms with Crippen LogP contribution in [-0.4, -0.2) is 61.4 Å². The number of rotatable bonds is 4. The molecule has 0 saturated carbocycles. The highest BCUT2D eigenvalue weighted by Gasteiger charge is 2.31. The van der Waals surface area contributed by atoms with Crippen LogP contribution in [0, 0.1) is 0 Å². The molecule has 6 nitrogen and oxygen atoms in total. The molecule has 0 bridgehead atoms. The lowest BCUT2D eigenvalue weighted by Crippen LogP contribution is -2.51. The van der Waals surface area contributed by atoms with Gasteiger partial charge in [0.25, 0.3) is 0 Å². The van der Waals surface area contributed by atoms with E-state index in [-0.39, 0.29) is 24.4 Å². The lowest BCUT2D eigenvalue weighted by Gasteiger charge is -2.37. The zero-order chi connectivity index (χ0) is 16.2. The van der Waals surface area contributed by atoms with Gasteiger partial charge in [-0.1, -0.05) is 12.1 Å². The second-order valence-electron chi connectivity index (χ2n) is 6.00. The number of piperazine rings is 1. The van der Waals surface area contributed by atoms with Gasteiger partial charge in [-0.25, -0.2) is 0 Å². The Morgan fingerprint density at radius 1 is 1.30 bits per heavy atom. The molecule has 2 amide bonds. The molecule has 124 valence electrons. The maximum atomic E-state index is 12.7. The maximum absolute atomic E-state index is 12.7. The van der Waals surface area contributed by atoms with Crippen molar-refractivity contribution in [1.29, 1.82) is 0 Å². The highest BCUT2D eigenvalue weighted by atomic mass is 16.5. The lowest BCUT2D eigenvalue weighted by molar-refractivity contribution is -0.140. The minimum Gasteiger partial charge on any atom is -0.497 e. The number of methoxy groups -OCH3 is 1. The number of hydrogen-bond donors (Lipinski definition) is 1. The van der Waals surface area contributed by atoms with E-state index >= 15 is 0 Å². The summed E-state index contributed by atoms with van der Waals surface area (Å²) in [5.41, 5.74) is 1.08. The SMILES string of the molecule is COc1ccc(C2CNCCN2C(=O)CN2CCCC2=O)cc1. The van der Waals surface area contributed by atoms with E-state index in [0.29, 0.717) is 19.5 Å². The molecule has 2 heterocycles. The minimum absolute atomic E-state index is 0.000128. The Labute approximate surface area is 136 Å². The van der Waals surface area contributed by atoms with E-state index in [9.17, 15) is 9.59 Å². The number of amides is 2. The number of ether oxygens (including phenoxy) is 1. The summed E-state index contributed by atoms with van der Waals surface area (Å²) in [4.78, 5) is 28.0. The Morgan fingerprint density at radius 2 is 2.09 bits per heavy atom. The standard InChI is InChI=1S/C17H23N3O3/c1-23-14-6-4-13(5-7-14)15-11-18-8-10-20(15)17(22)12-19-9-2-3-16(19)21/h4-7,15,18H,2-3,8-12H2,1H3. The summed E-state index contributed by atoms with van der Waals surface area (Å²) >= 11 is 0. The first-order valence-corrected chi connectivity index (χ1v) is 8.11. The average Bonchev–Trinajstić information content (AvgIpc) is 3.00. The fourth-order valence-corrected chi connectivity index (χ4v) is 3.25. The molecular formula is C17H23N3O3. The van der Waals surface area contributed by atoms with Gasteiger partial charge in [0.05, 0.1) is 19.7 Å². The van der Waals surface area contributed by atoms with E-state index in [1.165, 1.54) is 0 Å². The number of nitrogens with zero attached hydrogens (tertiary/aromatic N) is 2. The Morgan fingerprint density at radius 3 is 2.74 bits per heavy atom. The molecule has 2 fully saturated rings. The van der Waals surface area contributed by atoms with Crippen LogP contribution in [0.2, 0.25) is 0 Å². The Bertz CT molecular complexity index is 573. The van der Waals surface area contributed by atoms with Crippen LogP contribution in [0.25, 0.3) is 0 Å². The quantitative estimate of drug-likeness (QED) is 0.892. The molecule has 3 rings (SSSR count). The van der Waals surface area contributed by atoms with Crippen molar-refractivity contribution in [2.45, 2.75) is 18.9 Å². The highest BCUT2D eigenvalue weighted by Crippen LogP contribution is 2.25. The van der Waals surface area contributed by atoms with Gasteiger partial charge < -0.3 is 19.9 Å². The van der Waals surface area contributed by atoms with Crippen LogP contribution in [0.1, 0.15) is 24.4 Å². The van der Waals surface area contributed by atoms with Crippen LogP contribution in [0.15, 0.2) is 24.3 Å². The van der Waals surface area contributed by atoms with Crippen molar-refractivity contribution >= 4 is 11.8 Å². The highest BCUT2D eigenvalue weighted by molar-refractivity contribution is 5.86. The fourth-order valence-electron chi connectivity index (χ4n) is 3.25. The number of carbonyl (C=O) groups excluding carboxylic acids is 2. The maximum Gasteiger partial charge on any atom is 0.242 e. The van der Waals surface area contributed by atoms with E-state index in [1.807, 2.05) is 29.2 Å². The molecule has 0 spiro atoms. The zero-order valence-electron chi connectivity index (χ0n) is 13.5. The third-order valence-electron chi connectivity index (χ3n) is 4.56. The number of hydrogen-bond acceptors (Lipinski definition) is 4. The summed E-state index contributed by atoms with van der Waals surface area (Å²) in [6, 6.07) is 7.82. The van der Waals surface area contributed by atoms with Gasteiger partial charge in [-0.15, -0.1) is 0 Å². The molecule has 23 heavy (non-hydrogen) atoms. The Hall–Kier alpha value is -2.08. The van der Waals surface area contributed by atoms with E-state index in [2.05, 4.69) is 5.32 Å². The molecule has 2 aliphatic heterocycles. The summed E-state index contributed by atoms with van der Waals surface area (Å²) in [5, 5.41) is 3.34. The molecular weight excluding hydrogens is 294 g/mol. The molecule has 1 aromatic rings. The summed E-state index contributed by atoms with van der Waals surface area (Å²) < 4.78 is 5.19. The number of likely N-dealkylation sites (tertiary alicyclic amines) is 1. The van der Waals surface area contributed by atoms with Gasteiger partial charge in [-0.2, -0.15) is 0 Å². The van der Waals surface area contributed by atoms with Gasteiger partial charge in [-0.3, -0.25) is 9.59 Å². The van der Waals surface area contributed by atoms with Gasteiger partial charge in [-0.05, 0) is 24.1 Å². The summed E-state index contributed by atoms with van der Waals surface area (Å²) in [5.74, 6) is 0.926. The van der Waals surface area contributed by atoms with Crippen molar-refractivity contribution in [1.82, 2.24) is 15.1 Å². The summed E-state index contributed by atoms with van der Waals surface area (Å²) in [6.45, 7) is 3.07. The van der Waals surface area contributed by atoms with Crippen LogP contribution >= 0.6 is 0 Å². The molecule has 6 heteroatoms. The predicted molar refractivity (Wildman–Crippen MR) is 86.1 cm³/mol. The van der Waals surface area contributed by atoms with E-state index in [0.717, 1.165) is 30.8 Å².